The molecule has 0 saturated heterocycles. The second-order valence-corrected chi connectivity index (χ2v) is 3.48. The summed E-state index contributed by atoms with van der Waals surface area (Å²) < 4.78 is 5.47. The van der Waals surface area contributed by atoms with E-state index in [1.54, 1.807) is 0 Å². The number of carboxylic acids is 1. The minimum absolute atomic E-state index is 0.307. The van der Waals surface area contributed by atoms with Gasteiger partial charge in [0.05, 0.1) is 12.5 Å². The number of ether oxygens (including phenoxy) is 1. The number of carboxylic acid groups (broad SMARTS) is 1. The van der Waals surface area contributed by atoms with E-state index >= 15 is 0 Å². The van der Waals surface area contributed by atoms with Gasteiger partial charge in [-0.1, -0.05) is 18.2 Å². The SMILES string of the molecule is O=C(O)C1CCOc2ccccc2C1. The van der Waals surface area contributed by atoms with Crippen LogP contribution in [-0.4, -0.2) is 17.7 Å². The van der Waals surface area contributed by atoms with Crippen molar-refractivity contribution >= 4 is 5.97 Å². The first-order valence-corrected chi connectivity index (χ1v) is 4.71. The standard InChI is InChI=1S/C11H12O3/c12-11(13)9-5-6-14-10-4-2-1-3-8(10)7-9/h1-4,9H,5-7H2,(H,12,13). The summed E-state index contributed by atoms with van der Waals surface area (Å²) in [5.41, 5.74) is 0.998. The van der Waals surface area contributed by atoms with Crippen molar-refractivity contribution in [1.82, 2.24) is 0 Å². The number of aliphatic carboxylic acids is 1. The van der Waals surface area contributed by atoms with Gasteiger partial charge in [0.15, 0.2) is 0 Å². The molecule has 1 atom stereocenters. The minimum atomic E-state index is -0.731. The molecule has 1 aromatic rings. The van der Waals surface area contributed by atoms with Gasteiger partial charge in [0.25, 0.3) is 0 Å². The number of hydrogen-bond donors (Lipinski definition) is 1. The smallest absolute Gasteiger partial charge is 0.306 e. The van der Waals surface area contributed by atoms with Crippen LogP contribution in [0.2, 0.25) is 0 Å². The van der Waals surface area contributed by atoms with Crippen molar-refractivity contribution in [2.45, 2.75) is 12.8 Å². The highest BCUT2D eigenvalue weighted by molar-refractivity contribution is 5.70. The molecular formula is C11H12O3. The highest BCUT2D eigenvalue weighted by Crippen LogP contribution is 2.26. The van der Waals surface area contributed by atoms with E-state index in [9.17, 15) is 4.79 Å². The van der Waals surface area contributed by atoms with Crippen molar-refractivity contribution in [2.24, 2.45) is 5.92 Å². The van der Waals surface area contributed by atoms with Gasteiger partial charge in [-0.05, 0) is 24.5 Å². The van der Waals surface area contributed by atoms with E-state index in [2.05, 4.69) is 0 Å². The summed E-state index contributed by atoms with van der Waals surface area (Å²) in [4.78, 5) is 10.9. The molecule has 14 heavy (non-hydrogen) atoms. The second-order valence-electron chi connectivity index (χ2n) is 3.48. The fourth-order valence-corrected chi connectivity index (χ4v) is 1.70. The van der Waals surface area contributed by atoms with Crippen molar-refractivity contribution in [3.8, 4) is 5.75 Å². The Kier molecular flexibility index (Phi) is 2.39. The minimum Gasteiger partial charge on any atom is -0.493 e. The highest BCUT2D eigenvalue weighted by atomic mass is 16.5. The van der Waals surface area contributed by atoms with Gasteiger partial charge in [-0.2, -0.15) is 0 Å². The second kappa shape index (κ2) is 3.70. The summed E-state index contributed by atoms with van der Waals surface area (Å²) in [6.45, 7) is 0.494. The fourth-order valence-electron chi connectivity index (χ4n) is 1.70. The molecule has 0 aromatic heterocycles. The molecule has 0 fully saturated rings. The molecule has 0 aliphatic carbocycles. The maximum Gasteiger partial charge on any atom is 0.306 e. The van der Waals surface area contributed by atoms with Crippen LogP contribution in [0.1, 0.15) is 12.0 Å². The third-order valence-corrected chi connectivity index (χ3v) is 2.51. The zero-order valence-electron chi connectivity index (χ0n) is 7.77. The monoisotopic (exact) mass is 192 g/mol. The summed E-state index contributed by atoms with van der Waals surface area (Å²) in [5, 5.41) is 8.93. The first-order valence-electron chi connectivity index (χ1n) is 4.71. The Labute approximate surface area is 82.3 Å². The van der Waals surface area contributed by atoms with Crippen molar-refractivity contribution < 1.29 is 14.6 Å². The summed E-state index contributed by atoms with van der Waals surface area (Å²) in [6.07, 6.45) is 1.16. The van der Waals surface area contributed by atoms with Crippen LogP contribution in [0, 0.1) is 5.92 Å². The van der Waals surface area contributed by atoms with Crippen molar-refractivity contribution in [1.29, 1.82) is 0 Å². The van der Waals surface area contributed by atoms with E-state index in [0.29, 0.717) is 19.4 Å². The number of carbonyl (C=O) groups is 1. The number of para-hydroxylation sites is 1. The molecule has 0 bridgehead atoms. The highest BCUT2D eigenvalue weighted by Gasteiger charge is 2.22. The van der Waals surface area contributed by atoms with Gasteiger partial charge in [0.1, 0.15) is 5.75 Å². The molecule has 1 unspecified atom stereocenters. The van der Waals surface area contributed by atoms with E-state index in [1.165, 1.54) is 0 Å². The number of hydrogen-bond acceptors (Lipinski definition) is 2. The quantitative estimate of drug-likeness (QED) is 0.736. The molecule has 0 radical (unpaired) electrons. The lowest BCUT2D eigenvalue weighted by molar-refractivity contribution is -0.142. The Hall–Kier alpha value is -1.51. The molecule has 3 heteroatoms. The van der Waals surface area contributed by atoms with E-state index in [0.717, 1.165) is 11.3 Å². The van der Waals surface area contributed by atoms with E-state index < -0.39 is 5.97 Å². The maximum absolute atomic E-state index is 10.9. The zero-order valence-corrected chi connectivity index (χ0v) is 7.77. The Bertz CT molecular complexity index is 346. The maximum atomic E-state index is 10.9. The normalized spacial score (nSPS) is 20.4. The molecule has 1 aromatic carbocycles. The molecule has 1 aliphatic heterocycles. The van der Waals surface area contributed by atoms with Gasteiger partial charge in [0, 0.05) is 0 Å². The van der Waals surface area contributed by atoms with Crippen molar-refractivity contribution in [3.05, 3.63) is 29.8 Å². The molecule has 74 valence electrons. The first kappa shape index (κ1) is 9.06. The lowest BCUT2D eigenvalue weighted by atomic mass is 9.97. The van der Waals surface area contributed by atoms with Crippen LogP contribution in [0.3, 0.4) is 0 Å². The average molecular weight is 192 g/mol. The van der Waals surface area contributed by atoms with Crippen LogP contribution in [0.25, 0.3) is 0 Å². The fraction of sp³-hybridized carbons (Fsp3) is 0.364. The van der Waals surface area contributed by atoms with Crippen LogP contribution in [0.15, 0.2) is 24.3 Å². The Balaban J connectivity index is 2.26. The van der Waals surface area contributed by atoms with Gasteiger partial charge >= 0.3 is 5.97 Å². The lowest BCUT2D eigenvalue weighted by Gasteiger charge is -2.06. The summed E-state index contributed by atoms with van der Waals surface area (Å²) in [7, 11) is 0. The van der Waals surface area contributed by atoms with E-state index in [-0.39, 0.29) is 5.92 Å². The molecule has 0 amide bonds. The average Bonchev–Trinajstić information content (AvgIpc) is 2.39. The van der Waals surface area contributed by atoms with Crippen LogP contribution in [-0.2, 0) is 11.2 Å². The molecule has 2 rings (SSSR count). The van der Waals surface area contributed by atoms with Gasteiger partial charge < -0.3 is 9.84 Å². The van der Waals surface area contributed by atoms with Crippen molar-refractivity contribution in [3.63, 3.8) is 0 Å². The molecule has 0 saturated carbocycles. The molecule has 3 nitrogen and oxygen atoms in total. The van der Waals surface area contributed by atoms with Gasteiger partial charge in [0.2, 0.25) is 0 Å². The third-order valence-electron chi connectivity index (χ3n) is 2.51. The Morgan fingerprint density at radius 2 is 2.21 bits per heavy atom. The first-order chi connectivity index (χ1) is 6.77. The van der Waals surface area contributed by atoms with E-state index in [1.807, 2.05) is 24.3 Å². The van der Waals surface area contributed by atoms with Gasteiger partial charge in [-0.15, -0.1) is 0 Å². The molecule has 1 aliphatic rings. The molecule has 1 heterocycles. The van der Waals surface area contributed by atoms with E-state index in [4.69, 9.17) is 9.84 Å². The lowest BCUT2D eigenvalue weighted by Crippen LogP contribution is -2.16. The zero-order chi connectivity index (χ0) is 9.97. The topological polar surface area (TPSA) is 46.5 Å². The third kappa shape index (κ3) is 1.71. The van der Waals surface area contributed by atoms with Crippen LogP contribution < -0.4 is 4.74 Å². The van der Waals surface area contributed by atoms with Crippen molar-refractivity contribution in [2.75, 3.05) is 6.61 Å². The number of fused-ring (bicyclic) bond motifs is 1. The van der Waals surface area contributed by atoms with Gasteiger partial charge in [-0.25, -0.2) is 0 Å². The van der Waals surface area contributed by atoms with Crippen LogP contribution >= 0.6 is 0 Å². The Morgan fingerprint density at radius 3 is 3.00 bits per heavy atom. The van der Waals surface area contributed by atoms with Crippen LogP contribution in [0.4, 0.5) is 0 Å². The van der Waals surface area contributed by atoms with Gasteiger partial charge in [-0.3, -0.25) is 4.79 Å². The number of rotatable bonds is 1. The number of benzene rings is 1. The molecular weight excluding hydrogens is 180 g/mol. The summed E-state index contributed by atoms with van der Waals surface area (Å²) in [5.74, 6) is -0.208. The predicted molar refractivity (Wildman–Crippen MR) is 51.4 cm³/mol. The summed E-state index contributed by atoms with van der Waals surface area (Å²) >= 11 is 0. The predicted octanol–water partition coefficient (Wildman–Crippen LogP) is 1.71. The Morgan fingerprint density at radius 1 is 1.43 bits per heavy atom. The van der Waals surface area contributed by atoms with Crippen LogP contribution in [0.5, 0.6) is 5.75 Å². The molecule has 0 spiro atoms. The largest absolute Gasteiger partial charge is 0.493 e. The summed E-state index contributed by atoms with van der Waals surface area (Å²) in [6, 6.07) is 7.63. The molecule has 1 N–H and O–H groups in total.